The highest BCUT2D eigenvalue weighted by Gasteiger charge is 2.32. The van der Waals surface area contributed by atoms with Gasteiger partial charge in [0.2, 0.25) is 0 Å². The highest BCUT2D eigenvalue weighted by atomic mass is 16.5. The molecule has 0 atom stereocenters. The highest BCUT2D eigenvalue weighted by Crippen LogP contribution is 2.48. The number of rotatable bonds is 8. The summed E-state index contributed by atoms with van der Waals surface area (Å²) in [6, 6.07) is 35.2. The quantitative estimate of drug-likeness (QED) is 0.165. The number of phenols is 1. The number of benzene rings is 5. The number of carbonyl (C=O) groups excluding carboxylic acids is 1. The topological polar surface area (TPSA) is 74.7 Å². The molecule has 52 heavy (non-hydrogen) atoms. The number of anilines is 3. The van der Waals surface area contributed by atoms with Crippen LogP contribution < -0.4 is 15.0 Å². The smallest absolute Gasteiger partial charge is 0.196 e. The van der Waals surface area contributed by atoms with Crippen LogP contribution in [0.25, 0.3) is 33.3 Å². The van der Waals surface area contributed by atoms with E-state index in [0.717, 1.165) is 28.9 Å². The predicted molar refractivity (Wildman–Crippen MR) is 217 cm³/mol. The number of pyridine rings is 1. The van der Waals surface area contributed by atoms with Crippen molar-refractivity contribution in [2.75, 3.05) is 24.3 Å². The zero-order valence-electron chi connectivity index (χ0n) is 31.8. The molecule has 0 unspecified atom stereocenters. The zero-order valence-corrected chi connectivity index (χ0v) is 31.8. The normalized spacial score (nSPS) is 12.1. The van der Waals surface area contributed by atoms with Gasteiger partial charge in [0.05, 0.1) is 16.9 Å². The van der Waals surface area contributed by atoms with Crippen LogP contribution in [-0.2, 0) is 5.41 Å². The summed E-state index contributed by atoms with van der Waals surface area (Å²) in [6.45, 7) is 15.4. The highest BCUT2D eigenvalue weighted by molar-refractivity contribution is 6.29. The second kappa shape index (κ2) is 14.2. The Morgan fingerprint density at radius 1 is 0.750 bits per heavy atom. The molecule has 6 heteroatoms. The summed E-state index contributed by atoms with van der Waals surface area (Å²) < 4.78 is 6.73. The number of nitrogens with one attached hydrogen (secondary N) is 1. The van der Waals surface area contributed by atoms with Crippen molar-refractivity contribution in [1.29, 1.82) is 0 Å². The van der Waals surface area contributed by atoms with Crippen molar-refractivity contribution in [2.45, 2.75) is 60.3 Å². The molecule has 0 bridgehead atoms. The summed E-state index contributed by atoms with van der Waals surface area (Å²) in [4.78, 5) is 21.5. The van der Waals surface area contributed by atoms with Gasteiger partial charge in [-0.1, -0.05) is 103 Å². The molecule has 0 radical (unpaired) electrons. The van der Waals surface area contributed by atoms with E-state index in [2.05, 4.69) is 52.1 Å². The van der Waals surface area contributed by atoms with Crippen molar-refractivity contribution >= 4 is 33.7 Å². The SMILES string of the molecule is CC.CN(C)c1ccc(-c2cc3c4c(c(Nc5ccccc5)cc(Oc5ccc(C(C)(C)CC(C)(C)C)cc5)c4n2)C(=O)c2ccccc2-3)c(O)c1. The number of ether oxygens (including phenoxy) is 1. The summed E-state index contributed by atoms with van der Waals surface area (Å²) in [7, 11) is 3.87. The summed E-state index contributed by atoms with van der Waals surface area (Å²) in [5, 5.41) is 15.5. The maximum atomic E-state index is 14.4. The van der Waals surface area contributed by atoms with Gasteiger partial charge >= 0.3 is 0 Å². The summed E-state index contributed by atoms with van der Waals surface area (Å²) in [5.74, 6) is 1.20. The van der Waals surface area contributed by atoms with Gasteiger partial charge in [0, 0.05) is 54.1 Å². The maximum absolute atomic E-state index is 14.4. The second-order valence-electron chi connectivity index (χ2n) is 15.3. The van der Waals surface area contributed by atoms with Crippen LogP contribution in [0.15, 0.2) is 109 Å². The van der Waals surface area contributed by atoms with Crippen LogP contribution in [0.3, 0.4) is 0 Å². The van der Waals surface area contributed by atoms with Crippen LogP contribution in [0.2, 0.25) is 0 Å². The van der Waals surface area contributed by atoms with Gasteiger partial charge < -0.3 is 20.1 Å². The average Bonchev–Trinajstić information content (AvgIpc) is 3.11. The van der Waals surface area contributed by atoms with Gasteiger partial charge in [-0.2, -0.15) is 0 Å². The third-order valence-corrected chi connectivity index (χ3v) is 9.40. The molecule has 6 aromatic rings. The molecular weight excluding hydrogens is 643 g/mol. The van der Waals surface area contributed by atoms with Crippen molar-refractivity contribution < 1.29 is 14.6 Å². The number of fused-ring (bicyclic) bond motifs is 2. The van der Waals surface area contributed by atoms with Crippen LogP contribution in [0.5, 0.6) is 17.2 Å². The number of aromatic nitrogens is 1. The Morgan fingerprint density at radius 3 is 2.04 bits per heavy atom. The van der Waals surface area contributed by atoms with E-state index in [4.69, 9.17) is 9.72 Å². The Labute approximate surface area is 308 Å². The molecule has 1 aliphatic rings. The zero-order chi connectivity index (χ0) is 37.4. The molecule has 0 aliphatic heterocycles. The van der Waals surface area contributed by atoms with Crippen LogP contribution in [-0.4, -0.2) is 30.0 Å². The first-order chi connectivity index (χ1) is 24.8. The fourth-order valence-corrected chi connectivity index (χ4v) is 7.42. The molecule has 0 spiro atoms. The van der Waals surface area contributed by atoms with Crippen LogP contribution >= 0.6 is 0 Å². The van der Waals surface area contributed by atoms with Gasteiger partial charge in [0.15, 0.2) is 11.5 Å². The van der Waals surface area contributed by atoms with E-state index in [0.29, 0.717) is 50.5 Å². The van der Waals surface area contributed by atoms with E-state index in [1.165, 1.54) is 5.56 Å². The summed E-state index contributed by atoms with van der Waals surface area (Å²) in [6.07, 6.45) is 1.04. The number of para-hydroxylation sites is 1. The molecule has 1 aliphatic carbocycles. The van der Waals surface area contributed by atoms with E-state index in [-0.39, 0.29) is 22.4 Å². The average molecular weight is 692 g/mol. The minimum absolute atomic E-state index is 0.0157. The lowest BCUT2D eigenvalue weighted by Gasteiger charge is -2.33. The third kappa shape index (κ3) is 7.11. The van der Waals surface area contributed by atoms with Crippen molar-refractivity contribution in [2.24, 2.45) is 5.41 Å². The first-order valence-electron chi connectivity index (χ1n) is 18.1. The predicted octanol–water partition coefficient (Wildman–Crippen LogP) is 12.2. The van der Waals surface area contributed by atoms with Crippen LogP contribution in [0, 0.1) is 5.41 Å². The molecule has 5 aromatic carbocycles. The van der Waals surface area contributed by atoms with Gasteiger partial charge in [-0.05, 0) is 76.4 Å². The molecule has 1 heterocycles. The van der Waals surface area contributed by atoms with Crippen LogP contribution in [0.4, 0.5) is 17.1 Å². The lowest BCUT2D eigenvalue weighted by atomic mass is 9.72. The molecule has 266 valence electrons. The molecule has 0 amide bonds. The van der Waals surface area contributed by atoms with Gasteiger partial charge in [-0.15, -0.1) is 0 Å². The molecule has 2 N–H and O–H groups in total. The number of hydrogen-bond donors (Lipinski definition) is 2. The lowest BCUT2D eigenvalue weighted by Crippen LogP contribution is -2.24. The summed E-state index contributed by atoms with van der Waals surface area (Å²) >= 11 is 0. The van der Waals surface area contributed by atoms with Gasteiger partial charge in [-0.25, -0.2) is 4.98 Å². The van der Waals surface area contributed by atoms with Gasteiger partial charge in [0.1, 0.15) is 17.0 Å². The van der Waals surface area contributed by atoms with Crippen molar-refractivity contribution in [3.8, 4) is 39.6 Å². The van der Waals surface area contributed by atoms with Gasteiger partial charge in [-0.3, -0.25) is 4.79 Å². The maximum Gasteiger partial charge on any atom is 0.196 e. The largest absolute Gasteiger partial charge is 0.507 e. The molecule has 0 saturated carbocycles. The van der Waals surface area contributed by atoms with Crippen molar-refractivity contribution in [3.05, 3.63) is 126 Å². The molecule has 0 saturated heterocycles. The van der Waals surface area contributed by atoms with E-state index in [1.807, 2.05) is 124 Å². The van der Waals surface area contributed by atoms with Crippen molar-refractivity contribution in [1.82, 2.24) is 4.98 Å². The third-order valence-electron chi connectivity index (χ3n) is 9.40. The standard InChI is InChI=1S/C44H43N3O3.C2H6/c1-43(2,3)26-44(4,5)27-17-20-30(21-18-27)50-38-25-36(45-28-13-9-8-10-14-28)40-39-34(31-15-11-12-16-32(31)42(40)49)24-35(46-41(38)39)33-22-19-29(47(6)7)23-37(33)48;1-2/h8-25,45,48H,26H2,1-7H3;1-2H3. The number of ketones is 1. The minimum atomic E-state index is -0.0822. The number of aromatic hydroxyl groups is 1. The van der Waals surface area contributed by atoms with E-state index in [1.54, 1.807) is 6.07 Å². The Kier molecular flexibility index (Phi) is 9.87. The number of hydrogen-bond acceptors (Lipinski definition) is 6. The molecule has 0 fully saturated rings. The van der Waals surface area contributed by atoms with E-state index in [9.17, 15) is 9.90 Å². The summed E-state index contributed by atoms with van der Waals surface area (Å²) in [5.41, 5.74) is 8.31. The Hall–Kier alpha value is -5.62. The first kappa shape index (κ1) is 36.2. The minimum Gasteiger partial charge on any atom is -0.507 e. The van der Waals surface area contributed by atoms with Crippen LogP contribution in [0.1, 0.15) is 76.4 Å². The first-order valence-corrected chi connectivity index (χ1v) is 18.1. The number of phenolic OH excluding ortho intramolecular Hbond substituents is 1. The Balaban J connectivity index is 0.00000228. The number of carbonyl (C=O) groups is 1. The molecule has 1 aromatic heterocycles. The second-order valence-corrected chi connectivity index (χ2v) is 15.3. The Morgan fingerprint density at radius 2 is 1.40 bits per heavy atom. The molecule has 7 rings (SSSR count). The fraction of sp³-hybridized carbons (Fsp3) is 0.261. The van der Waals surface area contributed by atoms with Crippen molar-refractivity contribution in [3.63, 3.8) is 0 Å². The lowest BCUT2D eigenvalue weighted by molar-refractivity contribution is 0.104. The monoisotopic (exact) mass is 691 g/mol. The molecule has 6 nitrogen and oxygen atoms in total. The number of nitrogens with zero attached hydrogens (tertiary/aromatic N) is 2. The van der Waals surface area contributed by atoms with E-state index < -0.39 is 0 Å². The van der Waals surface area contributed by atoms with Gasteiger partial charge in [0.25, 0.3) is 0 Å². The van der Waals surface area contributed by atoms with E-state index >= 15 is 0 Å². The Bertz CT molecular complexity index is 2250. The fourth-order valence-electron chi connectivity index (χ4n) is 7.42. The molecular formula is C46H49N3O3.